The first-order chi connectivity index (χ1) is 17.3. The van der Waals surface area contributed by atoms with Gasteiger partial charge < -0.3 is 25.0 Å². The van der Waals surface area contributed by atoms with E-state index in [0.717, 1.165) is 48.8 Å². The van der Waals surface area contributed by atoms with Gasteiger partial charge in [-0.3, -0.25) is 4.79 Å². The third kappa shape index (κ3) is 5.27. The summed E-state index contributed by atoms with van der Waals surface area (Å²) < 4.78 is 35.8. The monoisotopic (exact) mass is 496 g/mol. The normalized spacial score (nSPS) is 19.6. The van der Waals surface area contributed by atoms with Gasteiger partial charge >= 0.3 is 0 Å². The average molecular weight is 497 g/mol. The first-order valence-corrected chi connectivity index (χ1v) is 12.3. The van der Waals surface area contributed by atoms with Crippen LogP contribution in [0.5, 0.6) is 5.75 Å². The molecule has 0 bridgehead atoms. The van der Waals surface area contributed by atoms with Gasteiger partial charge in [-0.1, -0.05) is 6.07 Å². The molecule has 1 aliphatic heterocycles. The predicted octanol–water partition coefficient (Wildman–Crippen LogP) is 3.59. The molecule has 1 spiro atoms. The Hall–Kier alpha value is -3.30. The molecule has 36 heavy (non-hydrogen) atoms. The molecule has 2 aromatic carbocycles. The number of imidazole rings is 1. The lowest BCUT2D eigenvalue weighted by Gasteiger charge is -2.48. The Balaban J connectivity index is 1.33. The predicted molar refractivity (Wildman–Crippen MR) is 130 cm³/mol. The molecule has 3 atom stereocenters. The molecule has 0 unspecified atom stereocenters. The largest absolute Gasteiger partial charge is 0.487 e. The van der Waals surface area contributed by atoms with Crippen molar-refractivity contribution in [3.05, 3.63) is 77.9 Å². The van der Waals surface area contributed by atoms with E-state index in [9.17, 15) is 18.7 Å². The van der Waals surface area contributed by atoms with E-state index in [1.807, 2.05) is 29.0 Å². The van der Waals surface area contributed by atoms with Gasteiger partial charge in [0.05, 0.1) is 24.2 Å². The zero-order valence-corrected chi connectivity index (χ0v) is 20.1. The van der Waals surface area contributed by atoms with Crippen LogP contribution in [-0.2, 0) is 11.2 Å². The second-order valence-electron chi connectivity index (χ2n) is 9.85. The Bertz CT molecular complexity index is 1210. The summed E-state index contributed by atoms with van der Waals surface area (Å²) >= 11 is 0. The Morgan fingerprint density at radius 2 is 2.03 bits per heavy atom. The second kappa shape index (κ2) is 9.99. The fourth-order valence-electron chi connectivity index (χ4n) is 5.22. The van der Waals surface area contributed by atoms with Crippen molar-refractivity contribution in [3.63, 3.8) is 0 Å². The summed E-state index contributed by atoms with van der Waals surface area (Å²) in [5, 5.41) is 17.2. The molecule has 3 N–H and O–H groups in total. The Labute approximate surface area is 208 Å². The second-order valence-corrected chi connectivity index (χ2v) is 9.85. The zero-order valence-electron chi connectivity index (χ0n) is 20.1. The van der Waals surface area contributed by atoms with E-state index in [1.165, 1.54) is 19.1 Å². The van der Waals surface area contributed by atoms with Crippen LogP contribution >= 0.6 is 0 Å². The molecule has 5 rings (SSSR count). The smallest absolute Gasteiger partial charge is 0.217 e. The van der Waals surface area contributed by atoms with Crippen molar-refractivity contribution in [2.45, 2.75) is 62.8 Å². The van der Waals surface area contributed by atoms with E-state index in [2.05, 4.69) is 15.6 Å². The first-order valence-electron chi connectivity index (χ1n) is 12.3. The molecular formula is C27H30F2N4O3. The first kappa shape index (κ1) is 24.4. The summed E-state index contributed by atoms with van der Waals surface area (Å²) in [5.74, 6) is -0.904. The number of benzene rings is 2. The standard InChI is InChI=1S/C27H30F2N4O3/c1-17(34)32-23(11-18-9-19(28)12-20(29)10-18)25(35)15-31-24-14-27(5-2-6-27)36-26-13-21(3-4-22(24)26)33-8-7-30-16-33/h3-4,7-10,12-13,16,23-25,31,35H,2,5-6,11,14-15H2,1H3,(H,32,34)/t23-,24-,25-/m0/s1. The molecule has 190 valence electrons. The number of hydrogen-bond acceptors (Lipinski definition) is 5. The summed E-state index contributed by atoms with van der Waals surface area (Å²) in [6.45, 7) is 1.54. The number of fused-ring (bicyclic) bond motifs is 1. The SMILES string of the molecule is CC(=O)N[C@@H](Cc1cc(F)cc(F)c1)[C@@H](O)CN[C@H]1CC2(CCC2)Oc2cc(-n3ccnc3)ccc21. The van der Waals surface area contributed by atoms with Crippen molar-refractivity contribution in [2.24, 2.45) is 0 Å². The van der Waals surface area contributed by atoms with E-state index < -0.39 is 23.8 Å². The maximum absolute atomic E-state index is 13.7. The number of nitrogens with zero attached hydrogens (tertiary/aromatic N) is 2. The number of halogens is 2. The summed E-state index contributed by atoms with van der Waals surface area (Å²) in [6.07, 6.45) is 8.30. The van der Waals surface area contributed by atoms with Crippen molar-refractivity contribution in [3.8, 4) is 11.4 Å². The minimum Gasteiger partial charge on any atom is -0.487 e. The minimum absolute atomic E-state index is 0.0508. The number of ether oxygens (including phenoxy) is 1. The molecule has 0 saturated heterocycles. The van der Waals surface area contributed by atoms with Crippen molar-refractivity contribution in [2.75, 3.05) is 6.54 Å². The van der Waals surface area contributed by atoms with Crippen LogP contribution in [0.2, 0.25) is 0 Å². The summed E-state index contributed by atoms with van der Waals surface area (Å²) in [4.78, 5) is 15.9. The van der Waals surface area contributed by atoms with Crippen molar-refractivity contribution in [1.29, 1.82) is 0 Å². The minimum atomic E-state index is -0.978. The molecule has 7 nitrogen and oxygen atoms in total. The van der Waals surface area contributed by atoms with Crippen LogP contribution < -0.4 is 15.4 Å². The third-order valence-corrected chi connectivity index (χ3v) is 7.15. The lowest BCUT2D eigenvalue weighted by molar-refractivity contribution is -0.120. The topological polar surface area (TPSA) is 88.4 Å². The van der Waals surface area contributed by atoms with Crippen LogP contribution in [0.4, 0.5) is 8.78 Å². The number of aromatic nitrogens is 2. The lowest BCUT2D eigenvalue weighted by atomic mass is 9.73. The molecule has 1 amide bonds. The average Bonchev–Trinajstić information content (AvgIpc) is 3.34. The molecular weight excluding hydrogens is 466 g/mol. The highest BCUT2D eigenvalue weighted by molar-refractivity contribution is 5.73. The molecule has 3 aromatic rings. The van der Waals surface area contributed by atoms with Gasteiger partial charge in [0.25, 0.3) is 0 Å². The number of amides is 1. The Morgan fingerprint density at radius 3 is 2.67 bits per heavy atom. The fraction of sp³-hybridized carbons (Fsp3) is 0.407. The molecule has 1 aromatic heterocycles. The molecule has 1 fully saturated rings. The van der Waals surface area contributed by atoms with E-state index in [4.69, 9.17) is 4.74 Å². The molecule has 2 heterocycles. The number of hydrogen-bond donors (Lipinski definition) is 3. The van der Waals surface area contributed by atoms with E-state index in [-0.39, 0.29) is 30.5 Å². The third-order valence-electron chi connectivity index (χ3n) is 7.15. The number of aliphatic hydroxyl groups is 1. The van der Waals surface area contributed by atoms with Crippen molar-refractivity contribution < 1.29 is 23.4 Å². The van der Waals surface area contributed by atoms with Crippen LogP contribution in [0.15, 0.2) is 55.1 Å². The van der Waals surface area contributed by atoms with Gasteiger partial charge in [0.15, 0.2) is 0 Å². The van der Waals surface area contributed by atoms with Crippen LogP contribution in [0.1, 0.15) is 49.8 Å². The van der Waals surface area contributed by atoms with Crippen LogP contribution in [-0.4, -0.2) is 44.9 Å². The maximum Gasteiger partial charge on any atom is 0.217 e. The summed E-state index contributed by atoms with van der Waals surface area (Å²) in [6, 6.07) is 8.51. The van der Waals surface area contributed by atoms with Gasteiger partial charge in [-0.15, -0.1) is 0 Å². The molecule has 2 aliphatic rings. The Morgan fingerprint density at radius 1 is 1.25 bits per heavy atom. The Kier molecular flexibility index (Phi) is 6.77. The highest BCUT2D eigenvalue weighted by Crippen LogP contribution is 2.49. The van der Waals surface area contributed by atoms with Gasteiger partial charge in [0.2, 0.25) is 5.91 Å². The van der Waals surface area contributed by atoms with E-state index in [1.54, 1.807) is 12.5 Å². The number of nitrogens with one attached hydrogen (secondary N) is 2. The molecule has 0 radical (unpaired) electrons. The van der Waals surface area contributed by atoms with Crippen molar-refractivity contribution in [1.82, 2.24) is 20.2 Å². The zero-order chi connectivity index (χ0) is 25.3. The molecule has 1 aliphatic carbocycles. The van der Waals surface area contributed by atoms with Crippen LogP contribution in [0, 0.1) is 11.6 Å². The number of aliphatic hydroxyl groups excluding tert-OH is 1. The highest BCUT2D eigenvalue weighted by atomic mass is 19.1. The molecule has 9 heteroatoms. The fourth-order valence-corrected chi connectivity index (χ4v) is 5.22. The number of carbonyl (C=O) groups excluding carboxylic acids is 1. The van der Waals surface area contributed by atoms with Crippen LogP contribution in [0.3, 0.4) is 0 Å². The number of rotatable bonds is 8. The van der Waals surface area contributed by atoms with Gasteiger partial charge in [0, 0.05) is 56.0 Å². The molecule has 1 saturated carbocycles. The quantitative estimate of drug-likeness (QED) is 0.444. The summed E-state index contributed by atoms with van der Waals surface area (Å²) in [5.41, 5.74) is 2.10. The van der Waals surface area contributed by atoms with Crippen molar-refractivity contribution >= 4 is 5.91 Å². The summed E-state index contributed by atoms with van der Waals surface area (Å²) in [7, 11) is 0. The lowest BCUT2D eigenvalue weighted by Crippen LogP contribution is -2.52. The van der Waals surface area contributed by atoms with Gasteiger partial charge in [-0.05, 0) is 49.4 Å². The van der Waals surface area contributed by atoms with E-state index >= 15 is 0 Å². The van der Waals surface area contributed by atoms with Gasteiger partial charge in [-0.2, -0.15) is 0 Å². The maximum atomic E-state index is 13.7. The van der Waals surface area contributed by atoms with Gasteiger partial charge in [0.1, 0.15) is 23.0 Å². The van der Waals surface area contributed by atoms with Gasteiger partial charge in [-0.25, -0.2) is 13.8 Å². The van der Waals surface area contributed by atoms with Crippen LogP contribution in [0.25, 0.3) is 5.69 Å². The number of carbonyl (C=O) groups is 1. The highest BCUT2D eigenvalue weighted by Gasteiger charge is 2.45. The van der Waals surface area contributed by atoms with E-state index in [0.29, 0.717) is 5.56 Å².